The Kier molecular flexibility index (Phi) is 4.83. The molecule has 130 valence electrons. The van der Waals surface area contributed by atoms with E-state index in [2.05, 4.69) is 10.3 Å². The van der Waals surface area contributed by atoms with Crippen molar-refractivity contribution in [3.05, 3.63) is 48.2 Å². The highest BCUT2D eigenvalue weighted by Crippen LogP contribution is 2.23. The number of anilines is 2. The van der Waals surface area contributed by atoms with Gasteiger partial charge in [0.2, 0.25) is 5.91 Å². The van der Waals surface area contributed by atoms with E-state index < -0.39 is 0 Å². The minimum atomic E-state index is -0.261. The zero-order chi connectivity index (χ0) is 17.8. The predicted molar refractivity (Wildman–Crippen MR) is 94.9 cm³/mol. The first kappa shape index (κ1) is 16.8. The molecule has 0 bridgehead atoms. The Labute approximate surface area is 146 Å². The number of urea groups is 1. The number of benzene rings is 1. The van der Waals surface area contributed by atoms with Crippen molar-refractivity contribution in [2.75, 3.05) is 37.0 Å². The van der Waals surface area contributed by atoms with Gasteiger partial charge in [0.15, 0.2) is 0 Å². The lowest BCUT2D eigenvalue weighted by molar-refractivity contribution is -0.116. The Morgan fingerprint density at radius 1 is 1.24 bits per heavy atom. The lowest BCUT2D eigenvalue weighted by Crippen LogP contribution is -2.37. The van der Waals surface area contributed by atoms with E-state index in [0.717, 1.165) is 17.0 Å². The van der Waals surface area contributed by atoms with E-state index >= 15 is 0 Å². The zero-order valence-corrected chi connectivity index (χ0v) is 14.2. The summed E-state index contributed by atoms with van der Waals surface area (Å²) >= 11 is 0. The number of amides is 3. The molecule has 0 saturated carbocycles. The van der Waals surface area contributed by atoms with Crippen LogP contribution in [-0.4, -0.2) is 48.6 Å². The molecule has 0 radical (unpaired) electrons. The highest BCUT2D eigenvalue weighted by Gasteiger charge is 2.30. The first-order chi connectivity index (χ1) is 12.1. The second kappa shape index (κ2) is 7.21. The Morgan fingerprint density at radius 3 is 2.68 bits per heavy atom. The molecular formula is C18H20N4O3. The number of carbonyl (C=O) groups excluding carboxylic acids is 2. The third-order valence-electron chi connectivity index (χ3n) is 4.00. The molecule has 0 atom stereocenters. The minimum Gasteiger partial charge on any atom is -0.497 e. The van der Waals surface area contributed by atoms with E-state index in [9.17, 15) is 9.59 Å². The molecule has 0 aliphatic carbocycles. The van der Waals surface area contributed by atoms with Gasteiger partial charge < -0.3 is 15.0 Å². The van der Waals surface area contributed by atoms with Crippen LogP contribution < -0.4 is 15.0 Å². The Morgan fingerprint density at radius 2 is 2.00 bits per heavy atom. The number of nitrogens with zero attached hydrogens (tertiary/aromatic N) is 3. The van der Waals surface area contributed by atoms with Crippen molar-refractivity contribution in [3.63, 3.8) is 0 Å². The van der Waals surface area contributed by atoms with Crippen LogP contribution in [0.4, 0.5) is 16.3 Å². The first-order valence-electron chi connectivity index (χ1n) is 8.00. The van der Waals surface area contributed by atoms with E-state index in [-0.39, 0.29) is 18.5 Å². The average molecular weight is 340 g/mol. The van der Waals surface area contributed by atoms with Gasteiger partial charge in [-0.05, 0) is 48.9 Å². The van der Waals surface area contributed by atoms with E-state index in [1.165, 1.54) is 4.90 Å². The average Bonchev–Trinajstić information content (AvgIpc) is 2.95. The van der Waals surface area contributed by atoms with E-state index in [0.29, 0.717) is 18.9 Å². The topological polar surface area (TPSA) is 74.8 Å². The number of pyridine rings is 1. The van der Waals surface area contributed by atoms with Crippen LogP contribution in [0.2, 0.25) is 0 Å². The van der Waals surface area contributed by atoms with Crippen molar-refractivity contribution in [2.45, 2.75) is 6.92 Å². The predicted octanol–water partition coefficient (Wildman–Crippen LogP) is 2.28. The van der Waals surface area contributed by atoms with Crippen molar-refractivity contribution in [2.24, 2.45) is 0 Å². The number of aryl methyl sites for hydroxylation is 1. The van der Waals surface area contributed by atoms with E-state index in [1.807, 2.05) is 25.1 Å². The van der Waals surface area contributed by atoms with Crippen LogP contribution in [0.1, 0.15) is 5.56 Å². The SMILES string of the molecule is COc1ccc(N2CCN(CC(=O)Nc3cc(C)ccn3)C2=O)cc1. The molecule has 3 rings (SSSR count). The van der Waals surface area contributed by atoms with Crippen molar-refractivity contribution in [3.8, 4) is 5.75 Å². The molecule has 1 saturated heterocycles. The van der Waals surface area contributed by atoms with Crippen LogP contribution in [0.25, 0.3) is 0 Å². The van der Waals surface area contributed by atoms with Gasteiger partial charge in [-0.25, -0.2) is 9.78 Å². The summed E-state index contributed by atoms with van der Waals surface area (Å²) in [5, 5.41) is 2.72. The highest BCUT2D eigenvalue weighted by atomic mass is 16.5. The van der Waals surface area contributed by atoms with Crippen LogP contribution in [0, 0.1) is 6.92 Å². The lowest BCUT2D eigenvalue weighted by Gasteiger charge is -2.18. The molecule has 1 aromatic heterocycles. The summed E-state index contributed by atoms with van der Waals surface area (Å²) in [6.07, 6.45) is 1.64. The third-order valence-corrected chi connectivity index (χ3v) is 4.00. The van der Waals surface area contributed by atoms with Gasteiger partial charge >= 0.3 is 6.03 Å². The molecule has 1 aliphatic rings. The normalized spacial score (nSPS) is 13.9. The van der Waals surface area contributed by atoms with Crippen LogP contribution in [0.5, 0.6) is 5.75 Å². The lowest BCUT2D eigenvalue weighted by atomic mass is 10.3. The van der Waals surface area contributed by atoms with Crippen molar-refractivity contribution < 1.29 is 14.3 Å². The maximum Gasteiger partial charge on any atom is 0.325 e. The van der Waals surface area contributed by atoms with Gasteiger partial charge in [-0.3, -0.25) is 9.69 Å². The second-order valence-corrected chi connectivity index (χ2v) is 5.82. The van der Waals surface area contributed by atoms with Crippen molar-refractivity contribution >= 4 is 23.4 Å². The number of carbonyl (C=O) groups is 2. The van der Waals surface area contributed by atoms with Crippen LogP contribution in [0.15, 0.2) is 42.6 Å². The Bertz CT molecular complexity index is 776. The maximum atomic E-state index is 12.5. The summed E-state index contributed by atoms with van der Waals surface area (Å²) in [4.78, 5) is 32.0. The fourth-order valence-corrected chi connectivity index (χ4v) is 2.69. The number of ether oxygens (including phenoxy) is 1. The quantitative estimate of drug-likeness (QED) is 0.906. The molecule has 0 unspecified atom stereocenters. The molecule has 2 heterocycles. The summed E-state index contributed by atoms with van der Waals surface area (Å²) in [7, 11) is 1.60. The Hall–Kier alpha value is -3.09. The van der Waals surface area contributed by atoms with Crippen LogP contribution >= 0.6 is 0 Å². The van der Waals surface area contributed by atoms with Gasteiger partial charge in [0.25, 0.3) is 0 Å². The molecule has 7 heteroatoms. The largest absolute Gasteiger partial charge is 0.497 e. The molecule has 3 amide bonds. The molecule has 7 nitrogen and oxygen atoms in total. The number of rotatable bonds is 5. The molecule has 2 aromatic rings. The highest BCUT2D eigenvalue weighted by molar-refractivity contribution is 5.99. The Balaban J connectivity index is 1.60. The number of nitrogens with one attached hydrogen (secondary N) is 1. The summed E-state index contributed by atoms with van der Waals surface area (Å²) in [5.74, 6) is 0.962. The molecule has 1 aromatic carbocycles. The van der Waals surface area contributed by atoms with Crippen LogP contribution in [-0.2, 0) is 4.79 Å². The number of aromatic nitrogens is 1. The zero-order valence-electron chi connectivity index (χ0n) is 14.2. The minimum absolute atomic E-state index is 0.00110. The molecule has 1 N–H and O–H groups in total. The van der Waals surface area contributed by atoms with E-state index in [4.69, 9.17) is 4.74 Å². The fourth-order valence-electron chi connectivity index (χ4n) is 2.69. The fraction of sp³-hybridized carbons (Fsp3) is 0.278. The first-order valence-corrected chi connectivity index (χ1v) is 8.00. The standard InChI is InChI=1S/C18H20N4O3/c1-13-7-8-19-16(11-13)20-17(23)12-21-9-10-22(18(21)24)14-3-5-15(25-2)6-4-14/h3-8,11H,9-10,12H2,1-2H3,(H,19,20,23). The van der Waals surface area contributed by atoms with Gasteiger partial charge in [0.05, 0.1) is 7.11 Å². The molecule has 25 heavy (non-hydrogen) atoms. The monoisotopic (exact) mass is 340 g/mol. The smallest absolute Gasteiger partial charge is 0.325 e. The van der Waals surface area contributed by atoms with Crippen molar-refractivity contribution in [1.29, 1.82) is 0 Å². The number of methoxy groups -OCH3 is 1. The van der Waals surface area contributed by atoms with Crippen LogP contribution in [0.3, 0.4) is 0 Å². The van der Waals surface area contributed by atoms with Gasteiger partial charge in [-0.2, -0.15) is 0 Å². The molecule has 1 aliphatic heterocycles. The molecule has 1 fully saturated rings. The van der Waals surface area contributed by atoms with Gasteiger partial charge in [0.1, 0.15) is 18.1 Å². The summed E-state index contributed by atoms with van der Waals surface area (Å²) in [6, 6.07) is 10.7. The second-order valence-electron chi connectivity index (χ2n) is 5.82. The van der Waals surface area contributed by atoms with E-state index in [1.54, 1.807) is 36.4 Å². The number of hydrogen-bond acceptors (Lipinski definition) is 4. The maximum absolute atomic E-state index is 12.5. The van der Waals surface area contributed by atoms with Gasteiger partial charge in [-0.1, -0.05) is 0 Å². The summed E-state index contributed by atoms with van der Waals surface area (Å²) < 4.78 is 5.12. The van der Waals surface area contributed by atoms with Gasteiger partial charge in [-0.15, -0.1) is 0 Å². The summed E-state index contributed by atoms with van der Waals surface area (Å²) in [6.45, 7) is 2.97. The molecule has 0 spiro atoms. The number of hydrogen-bond donors (Lipinski definition) is 1. The van der Waals surface area contributed by atoms with Gasteiger partial charge in [0, 0.05) is 25.0 Å². The van der Waals surface area contributed by atoms with Crippen molar-refractivity contribution in [1.82, 2.24) is 9.88 Å². The molecular weight excluding hydrogens is 320 g/mol. The summed E-state index contributed by atoms with van der Waals surface area (Å²) in [5.41, 5.74) is 1.79. The third kappa shape index (κ3) is 3.88.